The summed E-state index contributed by atoms with van der Waals surface area (Å²) in [7, 11) is -0.861. The molecule has 1 rings (SSSR count). The Morgan fingerprint density at radius 1 is 1.47 bits per heavy atom. The molecule has 19 heavy (non-hydrogen) atoms. The third-order valence-electron chi connectivity index (χ3n) is 2.49. The largest absolute Gasteiger partial charge is 0.469 e. The van der Waals surface area contributed by atoms with Gasteiger partial charge in [0.25, 0.3) is 0 Å². The number of hydrogen-bond donors (Lipinski definition) is 0. The smallest absolute Gasteiger partial charge is 0.305 e. The van der Waals surface area contributed by atoms with Gasteiger partial charge in [0.15, 0.2) is 0 Å². The summed E-state index contributed by atoms with van der Waals surface area (Å²) in [4.78, 5) is 14.7. The van der Waals surface area contributed by atoms with Gasteiger partial charge in [-0.05, 0) is 18.6 Å². The molecule has 8 heteroatoms. The van der Waals surface area contributed by atoms with E-state index >= 15 is 0 Å². The molecule has 6 nitrogen and oxygen atoms in total. The van der Waals surface area contributed by atoms with E-state index in [0.29, 0.717) is 6.42 Å². The molecule has 0 saturated carbocycles. The van der Waals surface area contributed by atoms with Crippen LogP contribution in [0.5, 0.6) is 0 Å². The molecule has 0 unspecified atom stereocenters. The van der Waals surface area contributed by atoms with Crippen molar-refractivity contribution < 1.29 is 17.9 Å². The predicted octanol–water partition coefficient (Wildman–Crippen LogP) is 1.31. The summed E-state index contributed by atoms with van der Waals surface area (Å²) in [5.74, 6) is -0.362. The Morgan fingerprint density at radius 3 is 2.68 bits per heavy atom. The number of pyridine rings is 1. The first-order valence-electron chi connectivity index (χ1n) is 5.52. The molecule has 1 aromatic heterocycles. The van der Waals surface area contributed by atoms with Crippen molar-refractivity contribution >= 4 is 27.6 Å². The summed E-state index contributed by atoms with van der Waals surface area (Å²) in [5.41, 5.74) is 0. The maximum Gasteiger partial charge on any atom is 0.305 e. The number of nitrogens with zero attached hydrogens (tertiary/aromatic N) is 2. The van der Waals surface area contributed by atoms with Crippen molar-refractivity contribution in [1.29, 1.82) is 0 Å². The normalized spacial score (nSPS) is 11.6. The number of rotatable bonds is 6. The number of sulfonamides is 1. The Morgan fingerprint density at radius 2 is 2.16 bits per heavy atom. The minimum atomic E-state index is -3.60. The van der Waals surface area contributed by atoms with Crippen LogP contribution in [0.15, 0.2) is 23.2 Å². The SMILES string of the molecule is COC(=O)CCCN(C)S(=O)(=O)c1ccc(Cl)nc1. The van der Waals surface area contributed by atoms with Crippen LogP contribution in [0.2, 0.25) is 5.15 Å². The summed E-state index contributed by atoms with van der Waals surface area (Å²) < 4.78 is 29.9. The quantitative estimate of drug-likeness (QED) is 0.585. The van der Waals surface area contributed by atoms with E-state index in [1.54, 1.807) is 0 Å². The number of aromatic nitrogens is 1. The number of halogens is 1. The zero-order valence-electron chi connectivity index (χ0n) is 10.7. The number of carbonyl (C=O) groups is 1. The number of carbonyl (C=O) groups excluding carboxylic acids is 1. The fourth-order valence-corrected chi connectivity index (χ4v) is 2.63. The van der Waals surface area contributed by atoms with E-state index in [9.17, 15) is 13.2 Å². The highest BCUT2D eigenvalue weighted by Gasteiger charge is 2.20. The van der Waals surface area contributed by atoms with Crippen molar-refractivity contribution in [3.8, 4) is 0 Å². The first-order valence-corrected chi connectivity index (χ1v) is 7.34. The van der Waals surface area contributed by atoms with Gasteiger partial charge in [-0.15, -0.1) is 0 Å². The van der Waals surface area contributed by atoms with Crippen LogP contribution in [0.3, 0.4) is 0 Å². The van der Waals surface area contributed by atoms with Gasteiger partial charge in [0.2, 0.25) is 10.0 Å². The fraction of sp³-hybridized carbons (Fsp3) is 0.455. The van der Waals surface area contributed by atoms with E-state index in [0.717, 1.165) is 0 Å². The first kappa shape index (κ1) is 15.9. The lowest BCUT2D eigenvalue weighted by molar-refractivity contribution is -0.140. The highest BCUT2D eigenvalue weighted by molar-refractivity contribution is 7.89. The van der Waals surface area contributed by atoms with Crippen molar-refractivity contribution in [3.05, 3.63) is 23.5 Å². The fourth-order valence-electron chi connectivity index (χ4n) is 1.36. The number of hydrogen-bond acceptors (Lipinski definition) is 5. The van der Waals surface area contributed by atoms with Crippen LogP contribution < -0.4 is 0 Å². The molecule has 0 atom stereocenters. The minimum absolute atomic E-state index is 0.0671. The molecular formula is C11H15ClN2O4S. The molecule has 0 spiro atoms. The molecule has 1 aromatic rings. The highest BCUT2D eigenvalue weighted by Crippen LogP contribution is 2.15. The second-order valence-corrected chi connectivity index (χ2v) is 6.26. The minimum Gasteiger partial charge on any atom is -0.469 e. The van der Waals surface area contributed by atoms with Crippen molar-refractivity contribution in [2.75, 3.05) is 20.7 Å². The third-order valence-corrected chi connectivity index (χ3v) is 4.55. The second kappa shape index (κ2) is 6.83. The van der Waals surface area contributed by atoms with Crippen LogP contribution in [-0.4, -0.2) is 44.4 Å². The van der Waals surface area contributed by atoms with E-state index in [1.165, 1.54) is 36.8 Å². The molecule has 0 bridgehead atoms. The van der Waals surface area contributed by atoms with Crippen LogP contribution in [0, 0.1) is 0 Å². The third kappa shape index (κ3) is 4.45. The van der Waals surface area contributed by atoms with Crippen molar-refractivity contribution in [2.24, 2.45) is 0 Å². The Bertz CT molecular complexity index is 530. The van der Waals surface area contributed by atoms with Gasteiger partial charge in [-0.3, -0.25) is 4.79 Å². The Kier molecular flexibility index (Phi) is 5.71. The summed E-state index contributed by atoms with van der Waals surface area (Å²) in [6, 6.07) is 2.80. The number of methoxy groups -OCH3 is 1. The van der Waals surface area contributed by atoms with Gasteiger partial charge in [0, 0.05) is 26.2 Å². The number of ether oxygens (including phenoxy) is 1. The van der Waals surface area contributed by atoms with E-state index in [4.69, 9.17) is 11.6 Å². The van der Waals surface area contributed by atoms with Gasteiger partial charge in [-0.1, -0.05) is 11.6 Å². The van der Waals surface area contributed by atoms with E-state index in [-0.39, 0.29) is 29.0 Å². The van der Waals surface area contributed by atoms with E-state index in [1.807, 2.05) is 0 Å². The monoisotopic (exact) mass is 306 g/mol. The van der Waals surface area contributed by atoms with Gasteiger partial charge in [0.1, 0.15) is 10.0 Å². The van der Waals surface area contributed by atoms with Crippen LogP contribution in [-0.2, 0) is 19.6 Å². The lowest BCUT2D eigenvalue weighted by Gasteiger charge is -2.16. The molecule has 0 fully saturated rings. The predicted molar refractivity (Wildman–Crippen MR) is 70.3 cm³/mol. The van der Waals surface area contributed by atoms with Gasteiger partial charge in [-0.2, -0.15) is 0 Å². The van der Waals surface area contributed by atoms with Gasteiger partial charge >= 0.3 is 5.97 Å². The summed E-state index contributed by atoms with van der Waals surface area (Å²) in [5, 5.41) is 0.229. The van der Waals surface area contributed by atoms with Crippen molar-refractivity contribution in [3.63, 3.8) is 0 Å². The zero-order valence-corrected chi connectivity index (χ0v) is 12.2. The Hall–Kier alpha value is -1.18. The van der Waals surface area contributed by atoms with Gasteiger partial charge in [-0.25, -0.2) is 17.7 Å². The zero-order chi connectivity index (χ0) is 14.5. The summed E-state index contributed by atoms with van der Waals surface area (Å²) >= 11 is 5.60. The van der Waals surface area contributed by atoms with Gasteiger partial charge in [0.05, 0.1) is 7.11 Å². The molecule has 0 amide bonds. The van der Waals surface area contributed by atoms with E-state index < -0.39 is 10.0 Å². The molecule has 0 N–H and O–H groups in total. The number of esters is 1. The first-order chi connectivity index (χ1) is 8.87. The van der Waals surface area contributed by atoms with Gasteiger partial charge < -0.3 is 4.74 Å². The molecule has 0 radical (unpaired) electrons. The molecule has 0 aliphatic rings. The lowest BCUT2D eigenvalue weighted by atomic mass is 10.3. The molecule has 0 aromatic carbocycles. The molecular weight excluding hydrogens is 292 g/mol. The topological polar surface area (TPSA) is 76.6 Å². The van der Waals surface area contributed by atoms with Crippen molar-refractivity contribution in [1.82, 2.24) is 9.29 Å². The Balaban J connectivity index is 2.67. The highest BCUT2D eigenvalue weighted by atomic mass is 35.5. The second-order valence-electron chi connectivity index (χ2n) is 3.82. The van der Waals surface area contributed by atoms with Crippen LogP contribution >= 0.6 is 11.6 Å². The molecule has 0 saturated heterocycles. The van der Waals surface area contributed by atoms with Crippen LogP contribution in [0.1, 0.15) is 12.8 Å². The molecule has 0 aliphatic carbocycles. The summed E-state index contributed by atoms with van der Waals surface area (Å²) in [6.45, 7) is 0.222. The van der Waals surface area contributed by atoms with E-state index in [2.05, 4.69) is 9.72 Å². The standard InChI is InChI=1S/C11H15ClN2O4S/c1-14(7-3-4-11(15)18-2)19(16,17)9-5-6-10(12)13-8-9/h5-6,8H,3-4,7H2,1-2H3. The lowest BCUT2D eigenvalue weighted by Crippen LogP contribution is -2.28. The molecule has 1 heterocycles. The van der Waals surface area contributed by atoms with Crippen molar-refractivity contribution in [2.45, 2.75) is 17.7 Å². The molecule has 0 aliphatic heterocycles. The average Bonchev–Trinajstić information content (AvgIpc) is 2.38. The van der Waals surface area contributed by atoms with Crippen LogP contribution in [0.25, 0.3) is 0 Å². The van der Waals surface area contributed by atoms with Crippen LogP contribution in [0.4, 0.5) is 0 Å². The summed E-state index contributed by atoms with van der Waals surface area (Å²) in [6.07, 6.45) is 1.77. The maximum absolute atomic E-state index is 12.1. The molecule has 106 valence electrons. The average molecular weight is 307 g/mol. The maximum atomic E-state index is 12.1. The Labute approximate surface area is 117 Å².